The van der Waals surface area contributed by atoms with Crippen molar-refractivity contribution in [2.45, 2.75) is 71.9 Å². The fraction of sp³-hybridized carbons (Fsp3) is 0.556. The summed E-state index contributed by atoms with van der Waals surface area (Å²) < 4.78 is 18.5. The van der Waals surface area contributed by atoms with Gasteiger partial charge >= 0.3 is 12.1 Å². The van der Waals surface area contributed by atoms with Crippen molar-refractivity contribution in [2.24, 2.45) is 5.41 Å². The number of piperidine rings is 1. The molecule has 48 heavy (non-hydrogen) atoms. The van der Waals surface area contributed by atoms with Crippen LogP contribution in [0.1, 0.15) is 58.9 Å². The van der Waals surface area contributed by atoms with Gasteiger partial charge in [0.15, 0.2) is 5.75 Å². The zero-order chi connectivity index (χ0) is 33.8. The van der Waals surface area contributed by atoms with E-state index in [1.165, 1.54) is 0 Å². The highest BCUT2D eigenvalue weighted by atomic mass is 35.5. The van der Waals surface area contributed by atoms with Crippen LogP contribution in [0, 0.1) is 12.3 Å². The number of nitrogens with one attached hydrogen (secondary N) is 1. The lowest BCUT2D eigenvalue weighted by atomic mass is 9.72. The number of aromatic amines is 1. The number of carbonyl (C=O) groups excluding carboxylic acids is 1. The summed E-state index contributed by atoms with van der Waals surface area (Å²) in [6.45, 7) is 14.8. The van der Waals surface area contributed by atoms with E-state index in [-0.39, 0.29) is 11.5 Å². The van der Waals surface area contributed by atoms with Gasteiger partial charge in [-0.05, 0) is 91.6 Å². The number of amides is 1. The number of fused-ring (bicyclic) bond motifs is 2. The maximum Gasteiger partial charge on any atom is 0.410 e. The van der Waals surface area contributed by atoms with Crippen molar-refractivity contribution >= 4 is 45.3 Å². The molecule has 0 unspecified atom stereocenters. The van der Waals surface area contributed by atoms with Crippen molar-refractivity contribution in [3.8, 4) is 22.9 Å². The molecular weight excluding hydrogens is 630 g/mol. The highest BCUT2D eigenvalue weighted by molar-refractivity contribution is 6.35. The summed E-state index contributed by atoms with van der Waals surface area (Å²) in [4.78, 5) is 29.2. The van der Waals surface area contributed by atoms with E-state index in [9.17, 15) is 4.79 Å². The lowest BCUT2D eigenvalue weighted by Gasteiger charge is -2.53. The van der Waals surface area contributed by atoms with Crippen LogP contribution >= 0.6 is 11.6 Å². The van der Waals surface area contributed by atoms with Crippen LogP contribution < -0.4 is 14.4 Å². The molecule has 7 rings (SSSR count). The van der Waals surface area contributed by atoms with Gasteiger partial charge in [0.05, 0.1) is 23.3 Å². The number of anilines is 1. The lowest BCUT2D eigenvalue weighted by molar-refractivity contribution is -0.0434. The monoisotopic (exact) mass is 675 g/mol. The Kier molecular flexibility index (Phi) is 8.56. The van der Waals surface area contributed by atoms with Gasteiger partial charge < -0.3 is 28.9 Å². The second-order valence-corrected chi connectivity index (χ2v) is 15.1. The minimum absolute atomic E-state index is 0.0880. The van der Waals surface area contributed by atoms with E-state index in [2.05, 4.69) is 40.0 Å². The topological polar surface area (TPSA) is 109 Å². The van der Waals surface area contributed by atoms with Crippen LogP contribution in [0.25, 0.3) is 32.9 Å². The number of nitrogens with zero attached hydrogens (tertiary/aromatic N) is 6. The Morgan fingerprint density at radius 1 is 1.08 bits per heavy atom. The van der Waals surface area contributed by atoms with Crippen molar-refractivity contribution in [3.05, 3.63) is 35.0 Å². The van der Waals surface area contributed by atoms with Crippen LogP contribution in [0.4, 0.5) is 10.6 Å². The molecule has 0 radical (unpaired) electrons. The highest BCUT2D eigenvalue weighted by Gasteiger charge is 2.48. The van der Waals surface area contributed by atoms with Gasteiger partial charge in [0.25, 0.3) is 0 Å². The molecule has 256 valence electrons. The summed E-state index contributed by atoms with van der Waals surface area (Å²) >= 11 is 7.23. The number of aryl methyl sites for hydroxylation is 1. The van der Waals surface area contributed by atoms with E-state index in [1.807, 2.05) is 50.9 Å². The molecule has 1 spiro atoms. The van der Waals surface area contributed by atoms with Gasteiger partial charge in [0, 0.05) is 59.5 Å². The van der Waals surface area contributed by atoms with Gasteiger partial charge in [-0.2, -0.15) is 15.1 Å². The molecule has 1 amide bonds. The molecule has 2 aromatic carbocycles. The zero-order valence-corrected chi connectivity index (χ0v) is 29.6. The minimum atomic E-state index is -0.505. The molecule has 2 aromatic heterocycles. The second-order valence-electron chi connectivity index (χ2n) is 14.7. The number of rotatable bonds is 7. The summed E-state index contributed by atoms with van der Waals surface area (Å²) in [6, 6.07) is 6.74. The largest absolute Gasteiger partial charge is 0.491 e. The van der Waals surface area contributed by atoms with Crippen molar-refractivity contribution in [1.29, 1.82) is 0 Å². The van der Waals surface area contributed by atoms with Gasteiger partial charge in [-0.25, -0.2) is 4.79 Å². The smallest absolute Gasteiger partial charge is 0.410 e. The Morgan fingerprint density at radius 2 is 1.85 bits per heavy atom. The van der Waals surface area contributed by atoms with Crippen molar-refractivity contribution < 1.29 is 19.0 Å². The molecule has 0 saturated carbocycles. The SMILES string of the molecule is CCOc1c(-c2c(C)ccc3[nH]ncc23)c(Cl)cc2c(N3CCC4(CC3)CN(C(=O)OC(C)(C)C)C4)nc(OC[C@@H]3CCCN3C)nc12. The molecule has 5 heterocycles. The summed E-state index contributed by atoms with van der Waals surface area (Å²) in [5, 5.41) is 9.76. The van der Waals surface area contributed by atoms with E-state index in [0.717, 1.165) is 84.1 Å². The van der Waals surface area contributed by atoms with Gasteiger partial charge in [0.1, 0.15) is 23.5 Å². The lowest BCUT2D eigenvalue weighted by Crippen LogP contribution is -2.62. The minimum Gasteiger partial charge on any atom is -0.491 e. The predicted molar refractivity (Wildman–Crippen MR) is 188 cm³/mol. The fourth-order valence-corrected chi connectivity index (χ4v) is 7.83. The predicted octanol–water partition coefficient (Wildman–Crippen LogP) is 6.84. The van der Waals surface area contributed by atoms with E-state index in [4.69, 9.17) is 35.8 Å². The Balaban J connectivity index is 1.26. The number of benzene rings is 2. The number of likely N-dealkylation sites (tertiary alicyclic amines) is 2. The standard InChI is InChI=1S/C36H46ClN7O4/c1-7-46-31-29(28-22(2)10-11-27-25(28)18-38-41-27)26(37)17-24-30(31)39-33(47-19-23-9-8-14-42(23)6)40-32(24)43-15-12-36(13-16-43)20-44(21-36)34(45)48-35(3,4)5/h10-11,17-18,23H,7-9,12-16,19-21H2,1-6H3,(H,38,41)/t23-/m0/s1. The quantitative estimate of drug-likeness (QED) is 0.225. The number of aromatic nitrogens is 4. The number of carbonyl (C=O) groups is 1. The highest BCUT2D eigenvalue weighted by Crippen LogP contribution is 2.48. The van der Waals surface area contributed by atoms with Crippen LogP contribution in [0.2, 0.25) is 5.02 Å². The normalized spacial score (nSPS) is 19.7. The van der Waals surface area contributed by atoms with E-state index >= 15 is 0 Å². The Hall–Kier alpha value is -3.83. The number of hydrogen-bond acceptors (Lipinski definition) is 9. The van der Waals surface area contributed by atoms with Gasteiger partial charge in [-0.1, -0.05) is 17.7 Å². The Bertz CT molecular complexity index is 1840. The molecule has 3 aliphatic rings. The van der Waals surface area contributed by atoms with Crippen LogP contribution in [0.15, 0.2) is 24.4 Å². The molecule has 3 saturated heterocycles. The number of likely N-dealkylation sites (N-methyl/N-ethyl adjacent to an activating group) is 1. The van der Waals surface area contributed by atoms with E-state index < -0.39 is 5.60 Å². The Labute approximate surface area is 286 Å². The first-order chi connectivity index (χ1) is 22.9. The third-order valence-corrected chi connectivity index (χ3v) is 10.4. The van der Waals surface area contributed by atoms with E-state index in [0.29, 0.717) is 54.6 Å². The van der Waals surface area contributed by atoms with Crippen molar-refractivity contribution in [1.82, 2.24) is 30.0 Å². The zero-order valence-electron chi connectivity index (χ0n) is 28.9. The molecule has 1 N–H and O–H groups in total. The Morgan fingerprint density at radius 3 is 2.54 bits per heavy atom. The summed E-state index contributed by atoms with van der Waals surface area (Å²) in [6.07, 6.45) is 5.72. The van der Waals surface area contributed by atoms with Crippen LogP contribution in [0.3, 0.4) is 0 Å². The number of halogens is 1. The molecule has 11 nitrogen and oxygen atoms in total. The molecule has 4 aromatic rings. The maximum absolute atomic E-state index is 12.7. The van der Waals surface area contributed by atoms with Crippen LogP contribution in [0.5, 0.6) is 11.8 Å². The average molecular weight is 676 g/mol. The molecule has 1 atom stereocenters. The molecular formula is C36H46ClN7O4. The summed E-state index contributed by atoms with van der Waals surface area (Å²) in [5.41, 5.74) is 3.99. The van der Waals surface area contributed by atoms with Gasteiger partial charge in [-0.3, -0.25) is 5.10 Å². The number of H-pyrrole nitrogens is 1. The third kappa shape index (κ3) is 6.11. The van der Waals surface area contributed by atoms with Gasteiger partial charge in [-0.15, -0.1) is 0 Å². The first-order valence-corrected chi connectivity index (χ1v) is 17.5. The second kappa shape index (κ2) is 12.6. The molecule has 12 heteroatoms. The van der Waals surface area contributed by atoms with Crippen LogP contribution in [-0.2, 0) is 4.74 Å². The van der Waals surface area contributed by atoms with Crippen molar-refractivity contribution in [2.75, 3.05) is 57.9 Å². The first kappa shape index (κ1) is 32.7. The third-order valence-electron chi connectivity index (χ3n) is 10.1. The average Bonchev–Trinajstić information content (AvgIpc) is 3.67. The van der Waals surface area contributed by atoms with Gasteiger partial charge in [0.2, 0.25) is 0 Å². The number of ether oxygens (including phenoxy) is 3. The molecule has 3 fully saturated rings. The molecule has 3 aliphatic heterocycles. The molecule has 0 bridgehead atoms. The summed E-state index contributed by atoms with van der Waals surface area (Å²) in [7, 11) is 2.14. The first-order valence-electron chi connectivity index (χ1n) is 17.1. The molecule has 0 aliphatic carbocycles. The van der Waals surface area contributed by atoms with E-state index in [1.54, 1.807) is 0 Å². The fourth-order valence-electron chi connectivity index (χ4n) is 7.54. The van der Waals surface area contributed by atoms with Crippen molar-refractivity contribution in [3.63, 3.8) is 0 Å². The number of hydrogen-bond donors (Lipinski definition) is 1. The summed E-state index contributed by atoms with van der Waals surface area (Å²) in [5.74, 6) is 1.41. The van der Waals surface area contributed by atoms with Crippen LogP contribution in [-0.4, -0.2) is 101 Å². The maximum atomic E-state index is 12.7.